The Labute approximate surface area is 139 Å². The zero-order valence-electron chi connectivity index (χ0n) is 13.1. The number of benzene rings is 2. The topological polar surface area (TPSA) is 95.2 Å². The minimum atomic E-state index is -3.60. The largest absolute Gasteiger partial charge is 0.324 e. The maximum Gasteiger partial charge on any atom is 0.258 e. The second-order valence-corrected chi connectivity index (χ2v) is 7.52. The van der Waals surface area contributed by atoms with Crippen molar-refractivity contribution in [1.29, 1.82) is 0 Å². The Kier molecular flexibility index (Phi) is 4.08. The predicted molar refractivity (Wildman–Crippen MR) is 91.4 cm³/mol. The zero-order valence-corrected chi connectivity index (χ0v) is 14.0. The van der Waals surface area contributed by atoms with Gasteiger partial charge in [-0.2, -0.15) is 0 Å². The molecule has 0 aliphatic rings. The van der Waals surface area contributed by atoms with Gasteiger partial charge in [0.1, 0.15) is 0 Å². The molecule has 8 heteroatoms. The number of carbonyl (C=O) groups excluding carboxylic acids is 1. The van der Waals surface area contributed by atoms with Gasteiger partial charge >= 0.3 is 0 Å². The molecule has 1 heterocycles. The van der Waals surface area contributed by atoms with Gasteiger partial charge < -0.3 is 4.98 Å². The summed E-state index contributed by atoms with van der Waals surface area (Å²) in [5.41, 5.74) is 1.77. The first-order chi connectivity index (χ1) is 11.4. The standard InChI is InChI=1S/C16H16N4O3S/c1-20(2)24(22,23)12-7-5-6-11(10-12)15(21)19-16-17-13-8-3-4-9-14(13)18-16/h3-10H,1-2H3,(H2,17,18,19,21). The van der Waals surface area contributed by atoms with Crippen molar-refractivity contribution in [1.82, 2.24) is 14.3 Å². The summed E-state index contributed by atoms with van der Waals surface area (Å²) in [5.74, 6) is -0.132. The summed E-state index contributed by atoms with van der Waals surface area (Å²) in [4.78, 5) is 19.7. The number of carbonyl (C=O) groups is 1. The van der Waals surface area contributed by atoms with Gasteiger partial charge in [-0.3, -0.25) is 10.1 Å². The highest BCUT2D eigenvalue weighted by Crippen LogP contribution is 2.17. The van der Waals surface area contributed by atoms with Crippen LogP contribution in [0.5, 0.6) is 0 Å². The van der Waals surface area contributed by atoms with Crippen LogP contribution in [0.4, 0.5) is 5.95 Å². The Morgan fingerprint density at radius 3 is 2.58 bits per heavy atom. The highest BCUT2D eigenvalue weighted by Gasteiger charge is 2.19. The first-order valence-electron chi connectivity index (χ1n) is 7.16. The first-order valence-corrected chi connectivity index (χ1v) is 8.60. The summed E-state index contributed by atoms with van der Waals surface area (Å²) in [6, 6.07) is 13.3. The van der Waals surface area contributed by atoms with Gasteiger partial charge in [-0.25, -0.2) is 17.7 Å². The van der Waals surface area contributed by atoms with Crippen LogP contribution in [-0.4, -0.2) is 42.7 Å². The lowest BCUT2D eigenvalue weighted by molar-refractivity contribution is 0.102. The fraction of sp³-hybridized carbons (Fsp3) is 0.125. The molecule has 0 radical (unpaired) electrons. The Hall–Kier alpha value is -2.71. The minimum absolute atomic E-state index is 0.0600. The third-order valence-corrected chi connectivity index (χ3v) is 5.31. The van der Waals surface area contributed by atoms with Crippen LogP contribution >= 0.6 is 0 Å². The molecule has 0 fully saturated rings. The predicted octanol–water partition coefficient (Wildman–Crippen LogP) is 2.07. The number of nitrogens with one attached hydrogen (secondary N) is 2. The Bertz CT molecular complexity index is 976. The number of anilines is 1. The van der Waals surface area contributed by atoms with Crippen molar-refractivity contribution in [2.45, 2.75) is 4.90 Å². The molecule has 0 saturated heterocycles. The average Bonchev–Trinajstić information content (AvgIpc) is 2.97. The first kappa shape index (κ1) is 16.2. The van der Waals surface area contributed by atoms with Gasteiger partial charge in [-0.05, 0) is 30.3 Å². The van der Waals surface area contributed by atoms with Gasteiger partial charge in [0.15, 0.2) is 0 Å². The quantitative estimate of drug-likeness (QED) is 0.757. The van der Waals surface area contributed by atoms with Crippen LogP contribution in [-0.2, 0) is 10.0 Å². The highest BCUT2D eigenvalue weighted by atomic mass is 32.2. The number of hydrogen-bond donors (Lipinski definition) is 2. The number of hydrogen-bond acceptors (Lipinski definition) is 4. The van der Waals surface area contributed by atoms with Crippen molar-refractivity contribution in [2.75, 3.05) is 19.4 Å². The van der Waals surface area contributed by atoms with Crippen LogP contribution in [0.25, 0.3) is 11.0 Å². The number of amides is 1. The van der Waals surface area contributed by atoms with E-state index in [0.717, 1.165) is 15.3 Å². The lowest BCUT2D eigenvalue weighted by atomic mass is 10.2. The van der Waals surface area contributed by atoms with Gasteiger partial charge in [0, 0.05) is 19.7 Å². The second kappa shape index (κ2) is 6.06. The summed E-state index contributed by atoms with van der Waals surface area (Å²) < 4.78 is 25.4. The SMILES string of the molecule is CN(C)S(=O)(=O)c1cccc(C(=O)Nc2nc3ccccc3[nH]2)c1. The van der Waals surface area contributed by atoms with Gasteiger partial charge in [-0.1, -0.05) is 18.2 Å². The summed E-state index contributed by atoms with van der Waals surface area (Å²) in [7, 11) is -0.714. The van der Waals surface area contributed by atoms with Crippen molar-refractivity contribution in [3.63, 3.8) is 0 Å². The maximum absolute atomic E-state index is 12.4. The van der Waals surface area contributed by atoms with E-state index in [9.17, 15) is 13.2 Å². The van der Waals surface area contributed by atoms with E-state index in [0.29, 0.717) is 5.95 Å². The monoisotopic (exact) mass is 344 g/mol. The maximum atomic E-state index is 12.4. The van der Waals surface area contributed by atoms with Crippen LogP contribution in [0.1, 0.15) is 10.4 Å². The van der Waals surface area contributed by atoms with Crippen LogP contribution in [0.2, 0.25) is 0 Å². The Morgan fingerprint density at radius 1 is 1.12 bits per heavy atom. The summed E-state index contributed by atoms with van der Waals surface area (Å²) in [6.45, 7) is 0. The van der Waals surface area contributed by atoms with E-state index in [2.05, 4.69) is 15.3 Å². The molecular formula is C16H16N4O3S. The second-order valence-electron chi connectivity index (χ2n) is 5.37. The fourth-order valence-electron chi connectivity index (χ4n) is 2.20. The number of fused-ring (bicyclic) bond motifs is 1. The molecule has 2 aromatic carbocycles. The number of sulfonamides is 1. The average molecular weight is 344 g/mol. The molecule has 124 valence electrons. The smallest absolute Gasteiger partial charge is 0.258 e. The molecule has 0 bridgehead atoms. The molecule has 2 N–H and O–H groups in total. The molecule has 3 aromatic rings. The molecule has 3 rings (SSSR count). The van der Waals surface area contributed by atoms with Crippen molar-refractivity contribution in [3.8, 4) is 0 Å². The van der Waals surface area contributed by atoms with Crippen molar-refractivity contribution >= 4 is 32.9 Å². The summed E-state index contributed by atoms with van der Waals surface area (Å²) >= 11 is 0. The van der Waals surface area contributed by atoms with Crippen LogP contribution < -0.4 is 5.32 Å². The fourth-order valence-corrected chi connectivity index (χ4v) is 3.15. The van der Waals surface area contributed by atoms with Crippen molar-refractivity contribution in [3.05, 3.63) is 54.1 Å². The highest BCUT2D eigenvalue weighted by molar-refractivity contribution is 7.89. The molecule has 0 saturated carbocycles. The van der Waals surface area contributed by atoms with Crippen LogP contribution in [0, 0.1) is 0 Å². The van der Waals surface area contributed by atoms with E-state index >= 15 is 0 Å². The van der Waals surface area contributed by atoms with E-state index in [-0.39, 0.29) is 10.5 Å². The number of rotatable bonds is 4. The number of H-pyrrole nitrogens is 1. The van der Waals surface area contributed by atoms with E-state index < -0.39 is 15.9 Å². The molecule has 24 heavy (non-hydrogen) atoms. The Morgan fingerprint density at radius 2 is 1.88 bits per heavy atom. The molecule has 1 amide bonds. The Balaban J connectivity index is 1.88. The number of imidazole rings is 1. The molecule has 1 aromatic heterocycles. The number of aromatic nitrogens is 2. The lowest BCUT2D eigenvalue weighted by Crippen LogP contribution is -2.22. The zero-order chi connectivity index (χ0) is 17.3. The van der Waals surface area contributed by atoms with Crippen LogP contribution in [0.3, 0.4) is 0 Å². The molecular weight excluding hydrogens is 328 g/mol. The normalized spacial score (nSPS) is 11.8. The number of aromatic amines is 1. The summed E-state index contributed by atoms with van der Waals surface area (Å²) in [5, 5.41) is 2.64. The minimum Gasteiger partial charge on any atom is -0.324 e. The van der Waals surface area contributed by atoms with E-state index in [1.807, 2.05) is 24.3 Å². The van der Waals surface area contributed by atoms with Gasteiger partial charge in [-0.15, -0.1) is 0 Å². The third-order valence-electron chi connectivity index (χ3n) is 3.50. The van der Waals surface area contributed by atoms with Crippen LogP contribution in [0.15, 0.2) is 53.4 Å². The molecule has 0 aliphatic carbocycles. The molecule has 0 atom stereocenters. The van der Waals surface area contributed by atoms with E-state index in [1.165, 1.54) is 32.3 Å². The van der Waals surface area contributed by atoms with Crippen molar-refractivity contribution < 1.29 is 13.2 Å². The van der Waals surface area contributed by atoms with Gasteiger partial charge in [0.2, 0.25) is 16.0 Å². The summed E-state index contributed by atoms with van der Waals surface area (Å²) in [6.07, 6.45) is 0. The van der Waals surface area contributed by atoms with E-state index in [1.54, 1.807) is 6.07 Å². The van der Waals surface area contributed by atoms with E-state index in [4.69, 9.17) is 0 Å². The molecule has 0 aliphatic heterocycles. The molecule has 7 nitrogen and oxygen atoms in total. The molecule has 0 spiro atoms. The molecule has 0 unspecified atom stereocenters. The number of nitrogens with zero attached hydrogens (tertiary/aromatic N) is 2. The lowest BCUT2D eigenvalue weighted by Gasteiger charge is -2.12. The van der Waals surface area contributed by atoms with Gasteiger partial charge in [0.05, 0.1) is 15.9 Å². The third kappa shape index (κ3) is 3.01. The van der Waals surface area contributed by atoms with Gasteiger partial charge in [0.25, 0.3) is 5.91 Å². The van der Waals surface area contributed by atoms with Crippen molar-refractivity contribution in [2.24, 2.45) is 0 Å². The number of para-hydroxylation sites is 2.